The van der Waals surface area contributed by atoms with Crippen LogP contribution in [0.15, 0.2) is 17.5 Å². The first kappa shape index (κ1) is 11.9. The highest BCUT2D eigenvalue weighted by Gasteiger charge is 2.23. The highest BCUT2D eigenvalue weighted by Crippen LogP contribution is 2.33. The summed E-state index contributed by atoms with van der Waals surface area (Å²) in [6, 6.07) is 4.28. The summed E-state index contributed by atoms with van der Waals surface area (Å²) < 4.78 is 2.05. The van der Waals surface area contributed by atoms with Crippen molar-refractivity contribution in [3.63, 3.8) is 0 Å². The molecule has 0 aliphatic carbocycles. The van der Waals surface area contributed by atoms with Gasteiger partial charge in [-0.3, -0.25) is 4.68 Å². The Morgan fingerprint density at radius 3 is 3.06 bits per heavy atom. The summed E-state index contributed by atoms with van der Waals surface area (Å²) in [5.41, 5.74) is 3.92. The second-order valence-corrected chi connectivity index (χ2v) is 5.95. The molecule has 1 unspecified atom stereocenters. The zero-order valence-electron chi connectivity index (χ0n) is 10.9. The van der Waals surface area contributed by atoms with E-state index in [1.807, 2.05) is 4.68 Å². The van der Waals surface area contributed by atoms with Gasteiger partial charge in [0.05, 0.1) is 16.3 Å². The van der Waals surface area contributed by atoms with Crippen molar-refractivity contribution in [2.45, 2.75) is 25.7 Å². The van der Waals surface area contributed by atoms with Gasteiger partial charge in [-0.2, -0.15) is 5.10 Å². The van der Waals surface area contributed by atoms with Crippen LogP contribution in [0.3, 0.4) is 0 Å². The smallest absolute Gasteiger partial charge is 0.0810 e. The minimum absolute atomic E-state index is 0.582. The fraction of sp³-hybridized carbons (Fsp3) is 0.500. The van der Waals surface area contributed by atoms with E-state index in [-0.39, 0.29) is 0 Å². The first-order chi connectivity index (χ1) is 8.77. The summed E-state index contributed by atoms with van der Waals surface area (Å²) in [6.45, 7) is 4.44. The third-order valence-corrected chi connectivity index (χ3v) is 4.64. The summed E-state index contributed by atoms with van der Waals surface area (Å²) in [7, 11) is 2.06. The number of hydrogen-bond donors (Lipinski definition) is 1. The van der Waals surface area contributed by atoms with Crippen LogP contribution in [0.2, 0.25) is 0 Å². The van der Waals surface area contributed by atoms with Crippen molar-refractivity contribution < 1.29 is 0 Å². The molecule has 1 saturated heterocycles. The molecule has 1 aliphatic rings. The van der Waals surface area contributed by atoms with Gasteiger partial charge in [0.2, 0.25) is 0 Å². The monoisotopic (exact) mass is 261 g/mol. The van der Waals surface area contributed by atoms with Crippen LogP contribution in [0.4, 0.5) is 0 Å². The van der Waals surface area contributed by atoms with Crippen molar-refractivity contribution in [2.75, 3.05) is 13.1 Å². The first-order valence-corrected chi connectivity index (χ1v) is 7.43. The van der Waals surface area contributed by atoms with Gasteiger partial charge in [-0.15, -0.1) is 11.3 Å². The average Bonchev–Trinajstić information content (AvgIpc) is 2.99. The van der Waals surface area contributed by atoms with Crippen LogP contribution in [0, 0.1) is 6.92 Å². The predicted octanol–water partition coefficient (Wildman–Crippen LogP) is 2.92. The van der Waals surface area contributed by atoms with E-state index >= 15 is 0 Å². The Bertz CT molecular complexity index is 521. The molecule has 0 aromatic carbocycles. The predicted molar refractivity (Wildman–Crippen MR) is 76.1 cm³/mol. The molecule has 2 aromatic rings. The van der Waals surface area contributed by atoms with E-state index in [2.05, 4.69) is 36.8 Å². The number of nitrogens with zero attached hydrogens (tertiary/aromatic N) is 2. The van der Waals surface area contributed by atoms with Crippen LogP contribution in [-0.4, -0.2) is 22.9 Å². The minimum Gasteiger partial charge on any atom is -0.316 e. The summed E-state index contributed by atoms with van der Waals surface area (Å²) in [4.78, 5) is 1.32. The molecule has 1 N–H and O–H groups in total. The number of piperidine rings is 1. The van der Waals surface area contributed by atoms with Crippen molar-refractivity contribution in [2.24, 2.45) is 7.05 Å². The van der Waals surface area contributed by atoms with Gasteiger partial charge in [-0.05, 0) is 43.3 Å². The van der Waals surface area contributed by atoms with Gasteiger partial charge in [0.1, 0.15) is 0 Å². The molecule has 3 nitrogen and oxygen atoms in total. The molecular formula is C14H19N3S. The van der Waals surface area contributed by atoms with E-state index in [4.69, 9.17) is 5.10 Å². The van der Waals surface area contributed by atoms with Crippen LogP contribution in [-0.2, 0) is 7.05 Å². The molecule has 1 fully saturated rings. The Kier molecular flexibility index (Phi) is 3.22. The molecule has 2 aromatic heterocycles. The number of hydrogen-bond acceptors (Lipinski definition) is 3. The number of rotatable bonds is 2. The third-order valence-electron chi connectivity index (χ3n) is 3.76. The molecule has 1 atom stereocenters. The molecule has 4 heteroatoms. The quantitative estimate of drug-likeness (QED) is 0.901. The van der Waals surface area contributed by atoms with E-state index in [0.717, 1.165) is 13.1 Å². The number of aryl methyl sites for hydroxylation is 1. The molecule has 0 saturated carbocycles. The van der Waals surface area contributed by atoms with Crippen molar-refractivity contribution >= 4 is 11.3 Å². The van der Waals surface area contributed by atoms with Crippen LogP contribution >= 0.6 is 11.3 Å². The van der Waals surface area contributed by atoms with Crippen LogP contribution < -0.4 is 5.32 Å². The molecule has 3 heterocycles. The molecule has 0 radical (unpaired) electrons. The van der Waals surface area contributed by atoms with Gasteiger partial charge in [0, 0.05) is 19.5 Å². The Labute approximate surface area is 112 Å². The van der Waals surface area contributed by atoms with Gasteiger partial charge >= 0.3 is 0 Å². The van der Waals surface area contributed by atoms with E-state index in [9.17, 15) is 0 Å². The Morgan fingerprint density at radius 2 is 2.39 bits per heavy atom. The highest BCUT2D eigenvalue weighted by atomic mass is 32.1. The minimum atomic E-state index is 0.582. The lowest BCUT2D eigenvalue weighted by Crippen LogP contribution is -2.28. The second kappa shape index (κ2) is 4.86. The summed E-state index contributed by atoms with van der Waals surface area (Å²) >= 11 is 1.79. The Balaban J connectivity index is 2.00. The highest BCUT2D eigenvalue weighted by molar-refractivity contribution is 7.13. The zero-order valence-corrected chi connectivity index (χ0v) is 11.8. The summed E-state index contributed by atoms with van der Waals surface area (Å²) in [5.74, 6) is 0.582. The number of aromatic nitrogens is 2. The van der Waals surface area contributed by atoms with Crippen molar-refractivity contribution in [3.05, 3.63) is 28.8 Å². The fourth-order valence-electron chi connectivity index (χ4n) is 2.88. The lowest BCUT2D eigenvalue weighted by atomic mass is 9.93. The third kappa shape index (κ3) is 1.99. The van der Waals surface area contributed by atoms with Crippen LogP contribution in [0.25, 0.3) is 10.6 Å². The molecule has 3 rings (SSSR count). The maximum absolute atomic E-state index is 4.77. The fourth-order valence-corrected chi connectivity index (χ4v) is 3.74. The SMILES string of the molecule is Cc1c(C2CCCNC2)nn(C)c1-c1cccs1. The van der Waals surface area contributed by atoms with Crippen molar-refractivity contribution in [1.29, 1.82) is 0 Å². The van der Waals surface area contributed by atoms with Crippen molar-refractivity contribution in [1.82, 2.24) is 15.1 Å². The first-order valence-electron chi connectivity index (χ1n) is 6.55. The lowest BCUT2D eigenvalue weighted by Gasteiger charge is -2.21. The molecule has 1 aliphatic heterocycles. The second-order valence-electron chi connectivity index (χ2n) is 5.00. The number of nitrogens with one attached hydrogen (secondary N) is 1. The van der Waals surface area contributed by atoms with Crippen LogP contribution in [0.5, 0.6) is 0 Å². The average molecular weight is 261 g/mol. The van der Waals surface area contributed by atoms with Gasteiger partial charge in [-0.1, -0.05) is 6.07 Å². The van der Waals surface area contributed by atoms with E-state index in [1.165, 1.54) is 34.7 Å². The van der Waals surface area contributed by atoms with Gasteiger partial charge < -0.3 is 5.32 Å². The van der Waals surface area contributed by atoms with Crippen LogP contribution in [0.1, 0.15) is 30.0 Å². The normalized spacial score (nSPS) is 20.2. The number of thiophene rings is 1. The largest absolute Gasteiger partial charge is 0.316 e. The van der Waals surface area contributed by atoms with Gasteiger partial charge in [-0.25, -0.2) is 0 Å². The molecular weight excluding hydrogens is 242 g/mol. The van der Waals surface area contributed by atoms with E-state index < -0.39 is 0 Å². The maximum Gasteiger partial charge on any atom is 0.0810 e. The van der Waals surface area contributed by atoms with Gasteiger partial charge in [0.25, 0.3) is 0 Å². The molecule has 18 heavy (non-hydrogen) atoms. The Morgan fingerprint density at radius 1 is 1.50 bits per heavy atom. The Hall–Kier alpha value is -1.13. The maximum atomic E-state index is 4.77. The lowest BCUT2D eigenvalue weighted by molar-refractivity contribution is 0.450. The molecule has 0 spiro atoms. The standard InChI is InChI=1S/C14H19N3S/c1-10-13(11-5-3-7-15-9-11)16-17(2)14(10)12-6-4-8-18-12/h4,6,8,11,15H,3,5,7,9H2,1-2H3. The zero-order chi connectivity index (χ0) is 12.5. The summed E-state index contributed by atoms with van der Waals surface area (Å²) in [6.07, 6.45) is 2.52. The molecule has 0 bridgehead atoms. The van der Waals surface area contributed by atoms with Gasteiger partial charge in [0.15, 0.2) is 0 Å². The summed E-state index contributed by atoms with van der Waals surface area (Å²) in [5, 5.41) is 10.4. The van der Waals surface area contributed by atoms with E-state index in [0.29, 0.717) is 5.92 Å². The topological polar surface area (TPSA) is 29.9 Å². The molecule has 0 amide bonds. The van der Waals surface area contributed by atoms with E-state index in [1.54, 1.807) is 11.3 Å². The molecule has 96 valence electrons. The van der Waals surface area contributed by atoms with Crippen molar-refractivity contribution in [3.8, 4) is 10.6 Å².